The van der Waals surface area contributed by atoms with E-state index in [1.165, 1.54) is 41.7 Å². The SMILES string of the molecule is C/C=C1/CN2CCc3c([nH]c4ccccc34)[C@@H]2C[C@@H]1C1=CN2c3ccccc3[C@@]34CCN5CC6=CCO[C@@H]1[C@H]([C@H]23)[C@H]6C[C@H]54. The summed E-state index contributed by atoms with van der Waals surface area (Å²) >= 11 is 0. The lowest BCUT2D eigenvalue weighted by molar-refractivity contribution is -0.0331. The number of ether oxygens (including phenoxy) is 1. The minimum atomic E-state index is 0.191. The van der Waals surface area contributed by atoms with E-state index in [2.05, 4.69) is 93.5 Å². The molecule has 7 aliphatic heterocycles. The quantitative estimate of drug-likeness (QED) is 0.360. The van der Waals surface area contributed by atoms with E-state index in [-0.39, 0.29) is 11.5 Å². The Balaban J connectivity index is 1.08. The summed E-state index contributed by atoms with van der Waals surface area (Å²) in [5, 5.41) is 1.43. The zero-order valence-corrected chi connectivity index (χ0v) is 25.0. The Labute approximate surface area is 253 Å². The second-order valence-corrected chi connectivity index (χ2v) is 14.7. The van der Waals surface area contributed by atoms with Crippen LogP contribution in [0.15, 0.2) is 83.6 Å². The molecule has 0 radical (unpaired) electrons. The molecule has 1 saturated carbocycles. The lowest BCUT2D eigenvalue weighted by Gasteiger charge is -2.59. The lowest BCUT2D eigenvalue weighted by Crippen LogP contribution is -2.67. The standard InChI is InChI=1S/C38H40N4O/c1-2-22-19-40-14-11-25-24-7-3-5-9-30(24)39-35(25)32(40)17-26(22)28-21-42-31-10-6-4-8-29(31)38-13-15-41-20-23-12-16-43-36(28)34(37(38)42)27(23)18-33(38)41/h2-10,12,21,26-27,32-34,36-37,39H,11,13-20H2,1H3/b22-2-/t26-,27-,32-,33-,34+,36-,37-,38+/m0/s1. The number of rotatable bonds is 1. The van der Waals surface area contributed by atoms with Gasteiger partial charge in [0.15, 0.2) is 0 Å². The zero-order valence-electron chi connectivity index (χ0n) is 25.0. The Kier molecular flexibility index (Phi) is 4.69. The smallest absolute Gasteiger partial charge is 0.0866 e. The first-order valence-corrected chi connectivity index (χ1v) is 16.9. The number of hydrogen-bond acceptors (Lipinski definition) is 4. The van der Waals surface area contributed by atoms with Gasteiger partial charge in [0, 0.05) is 71.4 Å². The van der Waals surface area contributed by atoms with Crippen LogP contribution in [0.2, 0.25) is 0 Å². The summed E-state index contributed by atoms with van der Waals surface area (Å²) in [6.07, 6.45) is 12.6. The van der Waals surface area contributed by atoms with E-state index >= 15 is 0 Å². The molecule has 1 aliphatic carbocycles. The van der Waals surface area contributed by atoms with Gasteiger partial charge in [-0.1, -0.05) is 59.7 Å². The number of piperidine rings is 2. The maximum absolute atomic E-state index is 7.10. The number of fused-ring (bicyclic) bond motifs is 7. The van der Waals surface area contributed by atoms with Gasteiger partial charge in [0.05, 0.1) is 24.8 Å². The van der Waals surface area contributed by atoms with Crippen LogP contribution < -0.4 is 4.90 Å². The average Bonchev–Trinajstić information content (AvgIpc) is 3.67. The highest BCUT2D eigenvalue weighted by Gasteiger charge is 2.70. The Hall–Kier alpha value is -3.12. The number of benzene rings is 2. The summed E-state index contributed by atoms with van der Waals surface area (Å²) < 4.78 is 7.10. The van der Waals surface area contributed by atoms with E-state index in [1.54, 1.807) is 27.8 Å². The Morgan fingerprint density at radius 2 is 1.91 bits per heavy atom. The molecule has 8 aliphatic rings. The summed E-state index contributed by atoms with van der Waals surface area (Å²) in [6, 6.07) is 20.0. The van der Waals surface area contributed by atoms with E-state index in [4.69, 9.17) is 4.74 Å². The number of aromatic amines is 1. The second-order valence-electron chi connectivity index (χ2n) is 14.7. The molecule has 2 aromatic carbocycles. The van der Waals surface area contributed by atoms with E-state index in [9.17, 15) is 0 Å². The molecule has 5 nitrogen and oxygen atoms in total. The molecule has 218 valence electrons. The van der Waals surface area contributed by atoms with Gasteiger partial charge in [-0.15, -0.1) is 0 Å². The van der Waals surface area contributed by atoms with Crippen molar-refractivity contribution in [2.24, 2.45) is 17.8 Å². The van der Waals surface area contributed by atoms with Crippen LogP contribution in [0.1, 0.15) is 49.0 Å². The molecule has 43 heavy (non-hydrogen) atoms. The third-order valence-corrected chi connectivity index (χ3v) is 13.5. The topological polar surface area (TPSA) is 34.7 Å². The van der Waals surface area contributed by atoms with E-state index in [0.29, 0.717) is 35.9 Å². The molecule has 8 heterocycles. The highest BCUT2D eigenvalue weighted by molar-refractivity contribution is 5.85. The van der Waals surface area contributed by atoms with Gasteiger partial charge in [0.1, 0.15) is 0 Å². The van der Waals surface area contributed by atoms with Crippen molar-refractivity contribution in [3.8, 4) is 0 Å². The fraction of sp³-hybridized carbons (Fsp3) is 0.474. The number of H-pyrrole nitrogens is 1. The van der Waals surface area contributed by atoms with E-state index in [1.807, 2.05) is 0 Å². The minimum Gasteiger partial charge on any atom is -0.369 e. The van der Waals surface area contributed by atoms with Gasteiger partial charge in [0.2, 0.25) is 0 Å². The van der Waals surface area contributed by atoms with E-state index < -0.39 is 0 Å². The summed E-state index contributed by atoms with van der Waals surface area (Å²) in [7, 11) is 0. The van der Waals surface area contributed by atoms with Crippen LogP contribution in [0.5, 0.6) is 0 Å². The first-order valence-electron chi connectivity index (χ1n) is 16.9. The number of para-hydroxylation sites is 2. The molecule has 1 aromatic heterocycles. The maximum Gasteiger partial charge on any atom is 0.0866 e. The minimum absolute atomic E-state index is 0.191. The van der Waals surface area contributed by atoms with Gasteiger partial charge in [-0.25, -0.2) is 0 Å². The fourth-order valence-corrected chi connectivity index (χ4v) is 11.9. The summed E-state index contributed by atoms with van der Waals surface area (Å²) in [5.41, 5.74) is 12.5. The molecule has 1 N–H and O–H groups in total. The predicted octanol–water partition coefficient (Wildman–Crippen LogP) is 6.11. The average molecular weight is 569 g/mol. The molecule has 2 bridgehead atoms. The van der Waals surface area contributed by atoms with Crippen LogP contribution in [-0.2, 0) is 16.6 Å². The number of allylic oxidation sites excluding steroid dienone is 1. The molecule has 0 unspecified atom stereocenters. The molecular weight excluding hydrogens is 528 g/mol. The van der Waals surface area contributed by atoms with Crippen LogP contribution in [0.25, 0.3) is 10.9 Å². The van der Waals surface area contributed by atoms with Crippen molar-refractivity contribution in [3.05, 3.63) is 100 Å². The van der Waals surface area contributed by atoms with Crippen molar-refractivity contribution in [1.82, 2.24) is 14.8 Å². The summed E-state index contributed by atoms with van der Waals surface area (Å²) in [5.74, 6) is 1.56. The van der Waals surface area contributed by atoms with Crippen molar-refractivity contribution in [2.45, 2.75) is 62.3 Å². The van der Waals surface area contributed by atoms with Crippen molar-refractivity contribution in [2.75, 3.05) is 37.7 Å². The van der Waals surface area contributed by atoms with Crippen LogP contribution in [0.4, 0.5) is 5.69 Å². The molecule has 5 heteroatoms. The van der Waals surface area contributed by atoms with Gasteiger partial charge in [-0.2, -0.15) is 0 Å². The third-order valence-electron chi connectivity index (χ3n) is 13.5. The predicted molar refractivity (Wildman–Crippen MR) is 170 cm³/mol. The van der Waals surface area contributed by atoms with Gasteiger partial charge in [-0.3, -0.25) is 9.80 Å². The number of nitrogens with one attached hydrogen (secondary N) is 1. The largest absolute Gasteiger partial charge is 0.369 e. The summed E-state index contributed by atoms with van der Waals surface area (Å²) in [6.45, 7) is 7.63. The van der Waals surface area contributed by atoms with E-state index in [0.717, 1.165) is 39.1 Å². The summed E-state index contributed by atoms with van der Waals surface area (Å²) in [4.78, 5) is 12.3. The monoisotopic (exact) mass is 568 g/mol. The van der Waals surface area contributed by atoms with Crippen molar-refractivity contribution in [3.63, 3.8) is 0 Å². The first-order chi connectivity index (χ1) is 21.2. The highest BCUT2D eigenvalue weighted by Crippen LogP contribution is 2.66. The normalized spacial score (nSPS) is 39.7. The first kappa shape index (κ1) is 24.2. The molecule has 11 rings (SSSR count). The van der Waals surface area contributed by atoms with Crippen LogP contribution in [0.3, 0.4) is 0 Å². The second kappa shape index (κ2) is 8.32. The maximum atomic E-state index is 7.10. The van der Waals surface area contributed by atoms with Gasteiger partial charge in [0.25, 0.3) is 0 Å². The Morgan fingerprint density at radius 1 is 1.00 bits per heavy atom. The molecule has 8 atom stereocenters. The van der Waals surface area contributed by atoms with Crippen molar-refractivity contribution >= 4 is 16.6 Å². The molecule has 0 amide bonds. The van der Waals surface area contributed by atoms with Gasteiger partial charge >= 0.3 is 0 Å². The Bertz CT molecular complexity index is 1800. The van der Waals surface area contributed by atoms with Crippen LogP contribution in [-0.4, -0.2) is 65.8 Å². The molecule has 3 saturated heterocycles. The van der Waals surface area contributed by atoms with Gasteiger partial charge in [-0.05, 0) is 73.9 Å². The Morgan fingerprint density at radius 3 is 2.86 bits per heavy atom. The number of nitrogens with zero attached hydrogens (tertiary/aromatic N) is 3. The number of anilines is 1. The van der Waals surface area contributed by atoms with Gasteiger partial charge < -0.3 is 14.6 Å². The van der Waals surface area contributed by atoms with Crippen LogP contribution >= 0.6 is 0 Å². The van der Waals surface area contributed by atoms with Crippen molar-refractivity contribution in [1.29, 1.82) is 0 Å². The number of aromatic nitrogens is 1. The molecule has 3 aromatic rings. The highest BCUT2D eigenvalue weighted by atomic mass is 16.5. The third kappa shape index (κ3) is 2.86. The number of hydrogen-bond donors (Lipinski definition) is 1. The van der Waals surface area contributed by atoms with Crippen LogP contribution in [0, 0.1) is 17.8 Å². The molecule has 1 spiro atoms. The lowest BCUT2D eigenvalue weighted by atomic mass is 9.53. The molecule has 4 fully saturated rings. The fourth-order valence-electron chi connectivity index (χ4n) is 11.9. The van der Waals surface area contributed by atoms with Crippen molar-refractivity contribution < 1.29 is 4.74 Å². The molecular formula is C38H40N4O. The zero-order chi connectivity index (χ0) is 28.0.